The van der Waals surface area contributed by atoms with E-state index in [9.17, 15) is 9.59 Å². The van der Waals surface area contributed by atoms with E-state index in [4.69, 9.17) is 0 Å². The summed E-state index contributed by atoms with van der Waals surface area (Å²) < 4.78 is 0.985. The van der Waals surface area contributed by atoms with E-state index in [0.29, 0.717) is 6.42 Å². The van der Waals surface area contributed by atoms with Gasteiger partial charge in [-0.3, -0.25) is 20.4 Å². The van der Waals surface area contributed by atoms with Gasteiger partial charge in [0.05, 0.1) is 0 Å². The summed E-state index contributed by atoms with van der Waals surface area (Å²) in [5.74, 6) is -0.568. The van der Waals surface area contributed by atoms with Gasteiger partial charge in [0, 0.05) is 10.4 Å². The fourth-order valence-corrected chi connectivity index (χ4v) is 3.36. The third-order valence-corrected chi connectivity index (χ3v) is 4.79. The van der Waals surface area contributed by atoms with E-state index in [1.807, 2.05) is 37.3 Å². The van der Waals surface area contributed by atoms with Crippen molar-refractivity contribution in [2.24, 2.45) is 5.41 Å². The molecular weight excluding hydrogens is 320 g/mol. The smallest absolute Gasteiger partial charge is 0.255 e. The van der Waals surface area contributed by atoms with E-state index >= 15 is 0 Å². The predicted octanol–water partition coefficient (Wildman–Crippen LogP) is 2.42. The van der Waals surface area contributed by atoms with Gasteiger partial charge in [-0.15, -0.1) is 0 Å². The Morgan fingerprint density at radius 2 is 1.75 bits per heavy atom. The Balaban J connectivity index is 2.10. The van der Waals surface area contributed by atoms with Crippen LogP contribution < -0.4 is 10.9 Å². The maximum absolute atomic E-state index is 12.3. The van der Waals surface area contributed by atoms with Crippen LogP contribution in [0.25, 0.3) is 0 Å². The van der Waals surface area contributed by atoms with Crippen LogP contribution in [-0.4, -0.2) is 11.8 Å². The van der Waals surface area contributed by atoms with Gasteiger partial charge in [0.15, 0.2) is 0 Å². The van der Waals surface area contributed by atoms with Gasteiger partial charge < -0.3 is 0 Å². The number of halogens is 1. The van der Waals surface area contributed by atoms with Crippen molar-refractivity contribution >= 4 is 27.7 Å². The van der Waals surface area contributed by atoms with E-state index in [2.05, 4.69) is 26.8 Å². The second kappa shape index (κ2) is 4.74. The molecule has 3 rings (SSSR count). The highest BCUT2D eigenvalue weighted by atomic mass is 79.9. The molecular formula is C15H15BrN2O2. The average Bonchev–Trinajstić information content (AvgIpc) is 2.71. The van der Waals surface area contributed by atoms with Crippen LogP contribution in [0.15, 0.2) is 40.4 Å². The van der Waals surface area contributed by atoms with Gasteiger partial charge in [-0.25, -0.2) is 0 Å². The standard InChI is InChI=1S/C15H15BrN2O2/c1-9-6-7-15(13(19)17-18-14(15)20)12(8-9)10-2-4-11(16)5-3-10/h2-6,12H,7-8H2,1H3,(H,17,19)(H,18,20)/t12-/m1/s1. The molecule has 2 N–H and O–H groups in total. The predicted molar refractivity (Wildman–Crippen MR) is 78.6 cm³/mol. The maximum Gasteiger partial charge on any atom is 0.255 e. The number of hydrogen-bond donors (Lipinski definition) is 2. The molecule has 104 valence electrons. The number of rotatable bonds is 1. The summed E-state index contributed by atoms with van der Waals surface area (Å²) in [6, 6.07) is 7.85. The first-order valence-electron chi connectivity index (χ1n) is 6.56. The number of hydrazine groups is 1. The number of hydrogen-bond acceptors (Lipinski definition) is 2. The van der Waals surface area contributed by atoms with Crippen molar-refractivity contribution in [2.45, 2.75) is 25.7 Å². The van der Waals surface area contributed by atoms with E-state index in [1.54, 1.807) is 0 Å². The first-order valence-corrected chi connectivity index (χ1v) is 7.35. The zero-order valence-corrected chi connectivity index (χ0v) is 12.7. The number of carbonyl (C=O) groups excluding carboxylic acids is 2. The number of carbonyl (C=O) groups is 2. The molecule has 4 nitrogen and oxygen atoms in total. The Kier molecular flexibility index (Phi) is 3.17. The molecule has 0 unspecified atom stereocenters. The minimum absolute atomic E-state index is 0.122. The molecule has 0 radical (unpaired) electrons. The number of nitrogens with one attached hydrogen (secondary N) is 2. The molecule has 0 saturated carbocycles. The molecule has 1 aliphatic heterocycles. The van der Waals surface area contributed by atoms with Gasteiger partial charge in [0.2, 0.25) is 0 Å². The van der Waals surface area contributed by atoms with E-state index in [0.717, 1.165) is 16.5 Å². The lowest BCUT2D eigenvalue weighted by Crippen LogP contribution is -2.43. The molecule has 1 atom stereocenters. The second-order valence-electron chi connectivity index (χ2n) is 5.44. The number of allylic oxidation sites excluding steroid dienone is 2. The van der Waals surface area contributed by atoms with Crippen molar-refractivity contribution in [2.75, 3.05) is 0 Å². The summed E-state index contributed by atoms with van der Waals surface area (Å²) in [6.07, 6.45) is 3.18. The lowest BCUT2D eigenvalue weighted by molar-refractivity contribution is -0.137. The zero-order valence-electron chi connectivity index (χ0n) is 11.1. The van der Waals surface area contributed by atoms with E-state index in [-0.39, 0.29) is 17.7 Å². The monoisotopic (exact) mass is 334 g/mol. The Labute approximate surface area is 125 Å². The summed E-state index contributed by atoms with van der Waals surface area (Å²) in [6.45, 7) is 2.05. The van der Waals surface area contributed by atoms with Crippen LogP contribution in [0.1, 0.15) is 31.2 Å². The normalized spacial score (nSPS) is 24.3. The third kappa shape index (κ3) is 1.88. The van der Waals surface area contributed by atoms with Gasteiger partial charge in [0.25, 0.3) is 11.8 Å². The van der Waals surface area contributed by atoms with Crippen molar-refractivity contribution in [3.63, 3.8) is 0 Å². The Morgan fingerprint density at radius 3 is 2.35 bits per heavy atom. The van der Waals surface area contributed by atoms with Crippen LogP contribution >= 0.6 is 15.9 Å². The highest BCUT2D eigenvalue weighted by Gasteiger charge is 2.56. The summed E-state index contributed by atoms with van der Waals surface area (Å²) in [4.78, 5) is 24.6. The van der Waals surface area contributed by atoms with Gasteiger partial charge in [-0.1, -0.05) is 39.7 Å². The Bertz CT molecular complexity index is 591. The van der Waals surface area contributed by atoms with Gasteiger partial charge in [-0.2, -0.15) is 0 Å². The molecule has 20 heavy (non-hydrogen) atoms. The third-order valence-electron chi connectivity index (χ3n) is 4.27. The van der Waals surface area contributed by atoms with Gasteiger partial charge in [-0.05, 0) is 37.5 Å². The molecule has 2 aliphatic rings. The molecule has 1 spiro atoms. The van der Waals surface area contributed by atoms with Crippen molar-refractivity contribution in [3.05, 3.63) is 46.0 Å². The largest absolute Gasteiger partial charge is 0.272 e. The molecule has 1 aliphatic carbocycles. The Hall–Kier alpha value is -1.62. The Morgan fingerprint density at radius 1 is 1.15 bits per heavy atom. The number of benzene rings is 1. The van der Waals surface area contributed by atoms with Crippen LogP contribution in [-0.2, 0) is 9.59 Å². The second-order valence-corrected chi connectivity index (χ2v) is 6.36. The molecule has 1 saturated heterocycles. The first kappa shape index (κ1) is 13.4. The van der Waals surface area contributed by atoms with Crippen LogP contribution in [0, 0.1) is 5.41 Å². The molecule has 1 heterocycles. The van der Waals surface area contributed by atoms with Gasteiger partial charge in [0.1, 0.15) is 5.41 Å². The minimum Gasteiger partial charge on any atom is -0.272 e. The molecule has 1 aromatic rings. The first-order chi connectivity index (χ1) is 9.54. The fraction of sp³-hybridized carbons (Fsp3) is 0.333. The summed E-state index contributed by atoms with van der Waals surface area (Å²) >= 11 is 3.41. The van der Waals surface area contributed by atoms with E-state index in [1.165, 1.54) is 5.57 Å². The molecule has 1 aromatic carbocycles. The van der Waals surface area contributed by atoms with Crippen molar-refractivity contribution in [3.8, 4) is 0 Å². The lowest BCUT2D eigenvalue weighted by atomic mass is 9.64. The average molecular weight is 335 g/mol. The topological polar surface area (TPSA) is 58.2 Å². The minimum atomic E-state index is -1.01. The van der Waals surface area contributed by atoms with E-state index < -0.39 is 5.41 Å². The molecule has 5 heteroatoms. The summed E-state index contributed by atoms with van der Waals surface area (Å²) in [5.41, 5.74) is 6.19. The molecule has 1 fully saturated rings. The quantitative estimate of drug-likeness (QED) is 0.612. The van der Waals surface area contributed by atoms with Crippen molar-refractivity contribution < 1.29 is 9.59 Å². The highest BCUT2D eigenvalue weighted by molar-refractivity contribution is 9.10. The van der Waals surface area contributed by atoms with Gasteiger partial charge >= 0.3 is 0 Å². The van der Waals surface area contributed by atoms with Crippen LogP contribution in [0.5, 0.6) is 0 Å². The molecule has 0 aromatic heterocycles. The zero-order chi connectivity index (χ0) is 14.3. The number of amides is 2. The molecule has 0 bridgehead atoms. The van der Waals surface area contributed by atoms with Crippen molar-refractivity contribution in [1.29, 1.82) is 0 Å². The lowest BCUT2D eigenvalue weighted by Gasteiger charge is -2.35. The fourth-order valence-electron chi connectivity index (χ4n) is 3.10. The SMILES string of the molecule is CC1=CCC2(C(=O)NNC2=O)[C@@H](c2ccc(Br)cc2)C1. The summed E-state index contributed by atoms with van der Waals surface area (Å²) in [7, 11) is 0. The highest BCUT2D eigenvalue weighted by Crippen LogP contribution is 2.48. The maximum atomic E-state index is 12.3. The van der Waals surface area contributed by atoms with Crippen LogP contribution in [0.2, 0.25) is 0 Å². The van der Waals surface area contributed by atoms with Crippen LogP contribution in [0.4, 0.5) is 0 Å². The van der Waals surface area contributed by atoms with Crippen molar-refractivity contribution in [1.82, 2.24) is 10.9 Å². The molecule has 2 amide bonds. The summed E-state index contributed by atoms with van der Waals surface area (Å²) in [5, 5.41) is 0. The van der Waals surface area contributed by atoms with Crippen LogP contribution in [0.3, 0.4) is 0 Å².